The molecule has 3 aromatic carbocycles. The minimum Gasteiger partial charge on any atom is -0.490 e. The van der Waals surface area contributed by atoms with Crippen molar-refractivity contribution in [3.63, 3.8) is 0 Å². The van der Waals surface area contributed by atoms with E-state index in [0.29, 0.717) is 59.6 Å². The zero-order chi connectivity index (χ0) is 37.3. The van der Waals surface area contributed by atoms with Gasteiger partial charge in [-0.25, -0.2) is 0 Å². The number of hydrogen-bond donors (Lipinski definition) is 1. The molecular formula is C42H41ClN6O5. The van der Waals surface area contributed by atoms with Crippen LogP contribution in [-0.4, -0.2) is 95.8 Å². The Balaban J connectivity index is 0.781. The maximum atomic E-state index is 13.3. The van der Waals surface area contributed by atoms with Crippen LogP contribution in [0.2, 0.25) is 5.02 Å². The van der Waals surface area contributed by atoms with Crippen LogP contribution in [0, 0.1) is 29.1 Å². The summed E-state index contributed by atoms with van der Waals surface area (Å²) in [6.45, 7) is 5.33. The predicted molar refractivity (Wildman–Crippen MR) is 202 cm³/mol. The molecule has 12 heteroatoms. The normalized spacial score (nSPS) is 21.1. The molecule has 3 aromatic rings. The van der Waals surface area contributed by atoms with E-state index in [2.05, 4.69) is 45.2 Å². The first-order chi connectivity index (χ1) is 26.2. The summed E-state index contributed by atoms with van der Waals surface area (Å²) in [7, 11) is 0. The first-order valence-corrected chi connectivity index (χ1v) is 19.1. The van der Waals surface area contributed by atoms with Crippen LogP contribution in [-0.2, 0) is 16.1 Å². The molecule has 1 atom stereocenters. The third kappa shape index (κ3) is 7.26. The van der Waals surface area contributed by atoms with Crippen molar-refractivity contribution in [3.05, 3.63) is 93.5 Å². The van der Waals surface area contributed by atoms with E-state index in [4.69, 9.17) is 21.6 Å². The van der Waals surface area contributed by atoms with Gasteiger partial charge in [-0.05, 0) is 73.4 Å². The monoisotopic (exact) mass is 744 g/mol. The van der Waals surface area contributed by atoms with E-state index in [1.54, 1.807) is 29.2 Å². The Labute approximate surface area is 319 Å². The molecule has 1 unspecified atom stereocenters. The van der Waals surface area contributed by atoms with Crippen molar-refractivity contribution >= 4 is 40.9 Å². The van der Waals surface area contributed by atoms with Crippen LogP contribution in [0.3, 0.4) is 0 Å². The summed E-state index contributed by atoms with van der Waals surface area (Å²) in [6.07, 6.45) is 4.15. The number of rotatable bonds is 6. The smallest absolute Gasteiger partial charge is 0.255 e. The number of halogens is 1. The number of imide groups is 1. The zero-order valence-corrected chi connectivity index (χ0v) is 30.7. The number of nitrogens with one attached hydrogen (secondary N) is 1. The second-order valence-electron chi connectivity index (χ2n) is 14.8. The van der Waals surface area contributed by atoms with Crippen LogP contribution in [0.4, 0.5) is 5.69 Å². The highest BCUT2D eigenvalue weighted by molar-refractivity contribution is 6.31. The lowest BCUT2D eigenvalue weighted by Crippen LogP contribution is -2.54. The van der Waals surface area contributed by atoms with Crippen LogP contribution < -0.4 is 15.0 Å². The predicted octanol–water partition coefficient (Wildman–Crippen LogP) is 4.61. The summed E-state index contributed by atoms with van der Waals surface area (Å²) in [4.78, 5) is 58.9. The molecule has 54 heavy (non-hydrogen) atoms. The minimum absolute atomic E-state index is 0.0109. The fourth-order valence-electron chi connectivity index (χ4n) is 8.30. The summed E-state index contributed by atoms with van der Waals surface area (Å²) >= 11 is 6.15. The fraction of sp³-hybridized carbons (Fsp3) is 0.405. The van der Waals surface area contributed by atoms with Crippen LogP contribution in [0.15, 0.2) is 60.7 Å². The number of hydrogen-bond acceptors (Lipinski definition) is 8. The number of ether oxygens (including phenoxy) is 1. The molecule has 276 valence electrons. The maximum absolute atomic E-state index is 13.3. The number of fused-ring (bicyclic) bond motifs is 1. The molecule has 0 radical (unpaired) electrons. The first-order valence-electron chi connectivity index (χ1n) is 18.8. The molecule has 4 fully saturated rings. The van der Waals surface area contributed by atoms with E-state index in [1.165, 1.54) is 0 Å². The van der Waals surface area contributed by atoms with Crippen molar-refractivity contribution in [2.75, 3.05) is 44.2 Å². The Kier molecular flexibility index (Phi) is 10.0. The van der Waals surface area contributed by atoms with Gasteiger partial charge in [0.1, 0.15) is 24.0 Å². The average Bonchev–Trinajstić information content (AvgIpc) is 3.51. The van der Waals surface area contributed by atoms with Gasteiger partial charge in [0.05, 0.1) is 10.6 Å². The zero-order valence-electron chi connectivity index (χ0n) is 29.9. The van der Waals surface area contributed by atoms with Crippen molar-refractivity contribution in [3.8, 4) is 23.7 Å². The van der Waals surface area contributed by atoms with E-state index >= 15 is 0 Å². The summed E-state index contributed by atoms with van der Waals surface area (Å²) in [5, 5.41) is 11.8. The SMILES string of the molecule is N#Cc1ccc(OC2CCN(C(=O)c3ccc(N4CCC(N5CC(C#Cc6cccc7c6CN(C6CCC(=O)NC6=O)C7=O)C5)CC4)cc3)CC2)cc1Cl. The highest BCUT2D eigenvalue weighted by Crippen LogP contribution is 2.31. The number of amides is 4. The molecule has 8 rings (SSSR count). The molecule has 11 nitrogen and oxygen atoms in total. The number of carbonyl (C=O) groups is 4. The molecule has 0 aromatic heterocycles. The van der Waals surface area contributed by atoms with Gasteiger partial charge in [0, 0.05) is 105 Å². The first kappa shape index (κ1) is 35.7. The lowest BCUT2D eigenvalue weighted by atomic mass is 9.93. The van der Waals surface area contributed by atoms with Gasteiger partial charge in [0.25, 0.3) is 11.8 Å². The summed E-state index contributed by atoms with van der Waals surface area (Å²) in [5.74, 6) is 6.85. The van der Waals surface area contributed by atoms with Gasteiger partial charge in [-0.15, -0.1) is 0 Å². The topological polar surface area (TPSA) is 126 Å². The minimum atomic E-state index is -0.635. The van der Waals surface area contributed by atoms with Crippen molar-refractivity contribution in [1.29, 1.82) is 5.26 Å². The molecule has 0 spiro atoms. The third-order valence-electron chi connectivity index (χ3n) is 11.5. The highest BCUT2D eigenvalue weighted by Gasteiger charge is 2.40. The summed E-state index contributed by atoms with van der Waals surface area (Å²) in [6, 6.07) is 20.6. The lowest BCUT2D eigenvalue weighted by Gasteiger charge is -2.46. The third-order valence-corrected chi connectivity index (χ3v) is 11.8. The molecule has 5 aliphatic heterocycles. The second kappa shape index (κ2) is 15.2. The largest absolute Gasteiger partial charge is 0.490 e. The van der Waals surface area contributed by atoms with E-state index in [9.17, 15) is 19.2 Å². The van der Waals surface area contributed by atoms with Gasteiger partial charge in [0.2, 0.25) is 11.8 Å². The summed E-state index contributed by atoms with van der Waals surface area (Å²) in [5.41, 5.74) is 4.52. The van der Waals surface area contributed by atoms with Crippen LogP contribution in [0.25, 0.3) is 0 Å². The van der Waals surface area contributed by atoms with Gasteiger partial charge in [-0.2, -0.15) is 5.26 Å². The number of piperidine rings is 3. The van der Waals surface area contributed by atoms with E-state index < -0.39 is 11.9 Å². The number of nitriles is 1. The molecule has 4 amide bonds. The van der Waals surface area contributed by atoms with E-state index in [-0.39, 0.29) is 36.2 Å². The van der Waals surface area contributed by atoms with Crippen LogP contribution >= 0.6 is 11.6 Å². The molecule has 0 bridgehead atoms. The number of likely N-dealkylation sites (tertiary alicyclic amines) is 2. The molecule has 4 saturated heterocycles. The van der Waals surface area contributed by atoms with E-state index in [1.807, 2.05) is 29.2 Å². The van der Waals surface area contributed by atoms with Crippen molar-refractivity contribution < 1.29 is 23.9 Å². The molecular weight excluding hydrogens is 704 g/mol. The van der Waals surface area contributed by atoms with Gasteiger partial charge < -0.3 is 19.4 Å². The standard InChI is InChI=1S/C42H41ClN6O5/c43-37-22-34(11-8-30(37)23-44)54-33-16-20-47(21-17-33)41(52)29-6-9-31(10-7-29)46-18-14-32(15-19-46)48-24-27(25-48)4-5-28-2-1-3-35-36(28)26-49(42(35)53)38-12-13-39(50)45-40(38)51/h1-3,6-11,22,27,32-33,38H,12-21,24-26H2,(H,45,50,51). The van der Waals surface area contributed by atoms with Gasteiger partial charge in [-0.3, -0.25) is 29.4 Å². The Morgan fingerprint density at radius 3 is 2.35 bits per heavy atom. The quantitative estimate of drug-likeness (QED) is 0.287. The van der Waals surface area contributed by atoms with Crippen molar-refractivity contribution in [2.45, 2.75) is 63.3 Å². The number of nitrogens with zero attached hydrogens (tertiary/aromatic N) is 5. The molecule has 5 heterocycles. The number of anilines is 1. The van der Waals surface area contributed by atoms with Crippen LogP contribution in [0.5, 0.6) is 5.75 Å². The van der Waals surface area contributed by atoms with Crippen molar-refractivity contribution in [2.24, 2.45) is 5.92 Å². The Morgan fingerprint density at radius 2 is 1.65 bits per heavy atom. The van der Waals surface area contributed by atoms with E-state index in [0.717, 1.165) is 68.7 Å². The van der Waals surface area contributed by atoms with Crippen molar-refractivity contribution in [1.82, 2.24) is 20.0 Å². The number of carbonyl (C=O) groups excluding carboxylic acids is 4. The lowest BCUT2D eigenvalue weighted by molar-refractivity contribution is -0.136. The van der Waals surface area contributed by atoms with Crippen LogP contribution in [0.1, 0.15) is 75.9 Å². The average molecular weight is 745 g/mol. The molecule has 1 N–H and O–H groups in total. The Bertz CT molecular complexity index is 2080. The Hall–Kier alpha value is -5.36. The second-order valence-corrected chi connectivity index (χ2v) is 15.2. The Morgan fingerprint density at radius 1 is 0.889 bits per heavy atom. The summed E-state index contributed by atoms with van der Waals surface area (Å²) < 4.78 is 6.08. The van der Waals surface area contributed by atoms with Gasteiger partial charge >= 0.3 is 0 Å². The molecule has 5 aliphatic rings. The highest BCUT2D eigenvalue weighted by atomic mass is 35.5. The maximum Gasteiger partial charge on any atom is 0.255 e. The molecule has 0 saturated carbocycles. The number of benzene rings is 3. The fourth-order valence-corrected chi connectivity index (χ4v) is 8.51. The molecule has 0 aliphatic carbocycles. The van der Waals surface area contributed by atoms with Gasteiger partial charge in [-0.1, -0.05) is 29.5 Å². The van der Waals surface area contributed by atoms with Gasteiger partial charge in [0.15, 0.2) is 0 Å².